The first-order chi connectivity index (χ1) is 14.4. The van der Waals surface area contributed by atoms with Crippen molar-refractivity contribution in [2.75, 3.05) is 13.7 Å². The molecule has 168 valence electrons. The summed E-state index contributed by atoms with van der Waals surface area (Å²) in [4.78, 5) is 4.44. The third kappa shape index (κ3) is 5.45. The number of hydrogen-bond donors (Lipinski definition) is 0. The van der Waals surface area contributed by atoms with Crippen LogP contribution in [0.1, 0.15) is 5.56 Å². The molecule has 0 bridgehead atoms. The Kier molecular flexibility index (Phi) is 7.10. The largest absolute Gasteiger partial charge is 0.496 e. The van der Waals surface area contributed by atoms with Crippen LogP contribution in [0.5, 0.6) is 5.75 Å². The van der Waals surface area contributed by atoms with Gasteiger partial charge in [-0.2, -0.15) is 13.2 Å². The Balaban J connectivity index is 2.12. The van der Waals surface area contributed by atoms with E-state index in [0.29, 0.717) is 38.4 Å². The number of methoxy groups -OCH3 is 1. The smallest absolute Gasteiger partial charge is 0.416 e. The number of pyridine rings is 1. The maximum Gasteiger partial charge on any atom is 0.416 e. The van der Waals surface area contributed by atoms with E-state index in [0.717, 1.165) is 18.2 Å². The van der Waals surface area contributed by atoms with Gasteiger partial charge in [0.1, 0.15) is 18.1 Å². The Morgan fingerprint density at radius 1 is 1.19 bits per heavy atom. The minimum atomic E-state index is -4.48. The van der Waals surface area contributed by atoms with Crippen molar-refractivity contribution >= 4 is 46.6 Å². The SMILES string of the molecule is COc1ccc(C(F)(F)F)cc1-c1cn(COCC[Si](C)(C)C)c2ncc(Br)c(Cl)c12. The second kappa shape index (κ2) is 9.13. The molecule has 31 heavy (non-hydrogen) atoms. The van der Waals surface area contributed by atoms with E-state index in [4.69, 9.17) is 21.1 Å². The van der Waals surface area contributed by atoms with E-state index < -0.39 is 19.8 Å². The summed E-state index contributed by atoms with van der Waals surface area (Å²) < 4.78 is 53.6. The summed E-state index contributed by atoms with van der Waals surface area (Å²) >= 11 is 9.90. The Bertz CT molecular complexity index is 1100. The maximum absolute atomic E-state index is 13.4. The Morgan fingerprint density at radius 2 is 1.90 bits per heavy atom. The van der Waals surface area contributed by atoms with E-state index in [1.165, 1.54) is 13.2 Å². The number of fused-ring (bicyclic) bond motifs is 1. The number of alkyl halides is 3. The van der Waals surface area contributed by atoms with Crippen LogP contribution in [0.4, 0.5) is 13.2 Å². The van der Waals surface area contributed by atoms with Gasteiger partial charge in [-0.15, -0.1) is 0 Å². The third-order valence-electron chi connectivity index (χ3n) is 4.82. The van der Waals surface area contributed by atoms with Crippen molar-refractivity contribution in [2.24, 2.45) is 0 Å². The summed E-state index contributed by atoms with van der Waals surface area (Å²) in [6.07, 6.45) is -1.21. The number of benzene rings is 1. The first-order valence-electron chi connectivity index (χ1n) is 9.58. The molecule has 0 atom stereocenters. The summed E-state index contributed by atoms with van der Waals surface area (Å²) in [6, 6.07) is 4.38. The standard InChI is InChI=1S/C21H23BrClF3N2O2Si/c1-29-17-6-5-13(21(24,25)26)9-14(17)15-11-28(12-30-7-8-31(2,3)4)20-18(15)19(23)16(22)10-27-20/h5-6,9-11H,7-8,12H2,1-4H3. The second-order valence-corrected chi connectivity index (χ2v) is 15.2. The fraction of sp³-hybridized carbons (Fsp3) is 0.381. The third-order valence-corrected chi connectivity index (χ3v) is 7.75. The number of aromatic nitrogens is 2. The molecule has 2 aromatic heterocycles. The van der Waals surface area contributed by atoms with Crippen molar-refractivity contribution < 1.29 is 22.6 Å². The van der Waals surface area contributed by atoms with Crippen molar-refractivity contribution in [1.29, 1.82) is 0 Å². The number of halogens is 5. The van der Waals surface area contributed by atoms with Crippen LogP contribution >= 0.6 is 27.5 Å². The van der Waals surface area contributed by atoms with Crippen LogP contribution in [0.25, 0.3) is 22.2 Å². The molecule has 0 saturated carbocycles. The van der Waals surface area contributed by atoms with E-state index in [9.17, 15) is 13.2 Å². The number of nitrogens with zero attached hydrogens (tertiary/aromatic N) is 2. The lowest BCUT2D eigenvalue weighted by Gasteiger charge is -2.15. The molecule has 0 unspecified atom stereocenters. The molecule has 2 heterocycles. The van der Waals surface area contributed by atoms with Crippen LogP contribution in [0.2, 0.25) is 30.7 Å². The molecule has 0 amide bonds. The van der Waals surface area contributed by atoms with Gasteiger partial charge in [-0.25, -0.2) is 4.98 Å². The Morgan fingerprint density at radius 3 is 2.52 bits per heavy atom. The number of rotatable bonds is 7. The van der Waals surface area contributed by atoms with Gasteiger partial charge >= 0.3 is 6.18 Å². The van der Waals surface area contributed by atoms with Crippen molar-refractivity contribution in [1.82, 2.24) is 9.55 Å². The predicted molar refractivity (Wildman–Crippen MR) is 124 cm³/mol. The molecule has 3 aromatic rings. The van der Waals surface area contributed by atoms with E-state index >= 15 is 0 Å². The molecule has 0 spiro atoms. The molecule has 0 aliphatic heterocycles. The van der Waals surface area contributed by atoms with Crippen LogP contribution < -0.4 is 4.74 Å². The fourth-order valence-corrected chi connectivity index (χ4v) is 4.43. The molecule has 1 aromatic carbocycles. The van der Waals surface area contributed by atoms with Gasteiger partial charge in [-0.3, -0.25) is 0 Å². The minimum Gasteiger partial charge on any atom is -0.496 e. The predicted octanol–water partition coefficient (Wildman–Crippen LogP) is 7.46. The van der Waals surface area contributed by atoms with Gasteiger partial charge in [-0.05, 0) is 40.2 Å². The quantitative estimate of drug-likeness (QED) is 0.233. The van der Waals surface area contributed by atoms with Crippen LogP contribution in [0.3, 0.4) is 0 Å². The molecule has 0 aliphatic carbocycles. The highest BCUT2D eigenvalue weighted by Crippen LogP contribution is 2.43. The lowest BCUT2D eigenvalue weighted by atomic mass is 10.0. The first-order valence-corrected chi connectivity index (χ1v) is 14.5. The van der Waals surface area contributed by atoms with Gasteiger partial charge in [-0.1, -0.05) is 31.2 Å². The number of hydrogen-bond acceptors (Lipinski definition) is 3. The van der Waals surface area contributed by atoms with Gasteiger partial charge < -0.3 is 14.0 Å². The minimum absolute atomic E-state index is 0.215. The molecule has 3 rings (SSSR count). The lowest BCUT2D eigenvalue weighted by Crippen LogP contribution is -2.22. The van der Waals surface area contributed by atoms with E-state index in [2.05, 4.69) is 40.6 Å². The molecule has 0 fully saturated rings. The van der Waals surface area contributed by atoms with Crippen molar-refractivity contribution in [3.05, 3.63) is 45.7 Å². The number of ether oxygens (including phenoxy) is 2. The van der Waals surface area contributed by atoms with Gasteiger partial charge in [0.2, 0.25) is 0 Å². The van der Waals surface area contributed by atoms with E-state index in [1.807, 2.05) is 0 Å². The fourth-order valence-electron chi connectivity index (χ4n) is 3.13. The van der Waals surface area contributed by atoms with Gasteiger partial charge in [0.15, 0.2) is 0 Å². The Hall–Kier alpha value is -1.55. The molecule has 0 aliphatic rings. The highest BCUT2D eigenvalue weighted by atomic mass is 79.9. The highest BCUT2D eigenvalue weighted by Gasteiger charge is 2.32. The lowest BCUT2D eigenvalue weighted by molar-refractivity contribution is -0.137. The zero-order chi connectivity index (χ0) is 23.0. The zero-order valence-electron chi connectivity index (χ0n) is 17.6. The summed E-state index contributed by atoms with van der Waals surface area (Å²) in [5.74, 6) is 0.308. The average Bonchev–Trinajstić information content (AvgIpc) is 3.05. The summed E-state index contributed by atoms with van der Waals surface area (Å²) in [5.41, 5.74) is 0.529. The molecule has 10 heteroatoms. The molecule has 4 nitrogen and oxygen atoms in total. The van der Waals surface area contributed by atoms with Gasteiger partial charge in [0, 0.05) is 43.6 Å². The van der Waals surface area contributed by atoms with Gasteiger partial charge in [0.25, 0.3) is 0 Å². The van der Waals surface area contributed by atoms with E-state index in [1.54, 1.807) is 17.0 Å². The van der Waals surface area contributed by atoms with Crippen LogP contribution in [0, 0.1) is 0 Å². The Labute approximate surface area is 193 Å². The molecule has 0 saturated heterocycles. The second-order valence-electron chi connectivity index (χ2n) is 8.39. The van der Waals surface area contributed by atoms with Crippen LogP contribution in [-0.2, 0) is 17.6 Å². The van der Waals surface area contributed by atoms with Crippen LogP contribution in [-0.4, -0.2) is 31.3 Å². The van der Waals surface area contributed by atoms with Gasteiger partial charge in [0.05, 0.1) is 22.2 Å². The summed E-state index contributed by atoms with van der Waals surface area (Å²) in [7, 11) is 0.167. The van der Waals surface area contributed by atoms with Crippen molar-refractivity contribution in [2.45, 2.75) is 38.6 Å². The van der Waals surface area contributed by atoms with E-state index in [-0.39, 0.29) is 12.3 Å². The highest BCUT2D eigenvalue weighted by molar-refractivity contribution is 9.10. The topological polar surface area (TPSA) is 36.3 Å². The monoisotopic (exact) mass is 534 g/mol. The first kappa shape index (κ1) is 24.1. The maximum atomic E-state index is 13.4. The van der Waals surface area contributed by atoms with Crippen molar-refractivity contribution in [3.8, 4) is 16.9 Å². The molecular formula is C21H23BrClF3N2O2Si. The zero-order valence-corrected chi connectivity index (χ0v) is 21.0. The average molecular weight is 536 g/mol. The summed E-state index contributed by atoms with van der Waals surface area (Å²) in [6.45, 7) is 7.60. The molecular weight excluding hydrogens is 513 g/mol. The summed E-state index contributed by atoms with van der Waals surface area (Å²) in [5, 5.41) is 0.891. The normalized spacial score (nSPS) is 12.5. The molecule has 0 radical (unpaired) electrons. The van der Waals surface area contributed by atoms with Crippen LogP contribution in [0.15, 0.2) is 35.1 Å². The van der Waals surface area contributed by atoms with Crippen molar-refractivity contribution in [3.63, 3.8) is 0 Å². The molecule has 0 N–H and O–H groups in total.